The second-order valence-corrected chi connectivity index (χ2v) is 15.1. The molecule has 2 aromatic rings. The number of carbonyl (C=O) groups is 6. The minimum absolute atomic E-state index is 0.0228. The standard InChI is InChI=1S/C39H54N8O7/c1-6-8-15-30(48)33(49)27(12-7-2)44-36(51)29-20-26(54-31-17-16-25(40)21-43-31)23-47(29)38(53)34(39(3,4)5)46-37(52)32(24-13-10-9-11-14-24)45-35(50)28-22-41-18-19-42-28/h6,16-19,21-22,24,26-27,29,32,34H,1,7-15,20,23,40H2,2-5H3,(H,44,51)(H,45,50)(H,46,52)/t26-,27+,29+,32+,34-/m1/s1. The molecule has 4 rings (SSSR count). The van der Waals surface area contributed by atoms with Crippen LogP contribution in [0.3, 0.4) is 0 Å². The van der Waals surface area contributed by atoms with Gasteiger partial charge in [0.2, 0.25) is 35.2 Å². The summed E-state index contributed by atoms with van der Waals surface area (Å²) < 4.78 is 6.11. The topological polar surface area (TPSA) is 216 Å². The first kappa shape index (κ1) is 41.5. The maximum atomic E-state index is 14.7. The van der Waals surface area contributed by atoms with Crippen LogP contribution in [0.25, 0.3) is 0 Å². The van der Waals surface area contributed by atoms with Crippen molar-refractivity contribution < 1.29 is 33.5 Å². The number of Topliss-reactive ketones (excluding diaryl/α,β-unsaturated/α-hetero) is 2. The molecule has 1 aliphatic heterocycles. The van der Waals surface area contributed by atoms with Crippen molar-refractivity contribution in [1.29, 1.82) is 0 Å². The second kappa shape index (κ2) is 19.2. The number of rotatable bonds is 17. The van der Waals surface area contributed by atoms with Crippen molar-refractivity contribution in [3.8, 4) is 5.88 Å². The second-order valence-electron chi connectivity index (χ2n) is 15.1. The molecule has 1 saturated heterocycles. The summed E-state index contributed by atoms with van der Waals surface area (Å²) >= 11 is 0. The minimum atomic E-state index is -1.14. The zero-order valence-electron chi connectivity index (χ0n) is 31.7. The van der Waals surface area contributed by atoms with E-state index < -0.39 is 70.9 Å². The number of nitrogens with zero attached hydrogens (tertiary/aromatic N) is 4. The molecule has 2 aliphatic rings. The van der Waals surface area contributed by atoms with E-state index >= 15 is 0 Å². The number of hydrogen-bond acceptors (Lipinski definition) is 11. The normalized spacial score (nSPS) is 19.1. The fourth-order valence-electron chi connectivity index (χ4n) is 6.93. The first-order valence-corrected chi connectivity index (χ1v) is 18.8. The van der Waals surface area contributed by atoms with Crippen LogP contribution in [0.5, 0.6) is 5.88 Å². The SMILES string of the molecule is C=CCCC(=O)C(=O)[C@H](CCC)NC(=O)[C@@H]1C[C@@H](Oc2ccc(N)cn2)CN1C(=O)[C@@H](NC(=O)[C@@H](NC(=O)c1cnccn1)C1CCCCC1)C(C)(C)C. The first-order chi connectivity index (χ1) is 25.7. The van der Waals surface area contributed by atoms with Gasteiger partial charge < -0.3 is 31.3 Å². The number of amides is 4. The number of allylic oxidation sites excluding steroid dienone is 1. The largest absolute Gasteiger partial charge is 0.472 e. The number of hydrogen-bond donors (Lipinski definition) is 4. The van der Waals surface area contributed by atoms with Crippen LogP contribution in [0.4, 0.5) is 5.69 Å². The zero-order valence-corrected chi connectivity index (χ0v) is 31.7. The fraction of sp³-hybridized carbons (Fsp3) is 0.564. The maximum Gasteiger partial charge on any atom is 0.272 e. The Morgan fingerprint density at radius 1 is 1.02 bits per heavy atom. The number of nitrogens with one attached hydrogen (secondary N) is 3. The van der Waals surface area contributed by atoms with E-state index in [1.807, 2.05) is 6.92 Å². The van der Waals surface area contributed by atoms with Crippen LogP contribution < -0.4 is 26.4 Å². The molecule has 1 saturated carbocycles. The molecule has 15 nitrogen and oxygen atoms in total. The Bertz CT molecular complexity index is 1640. The highest BCUT2D eigenvalue weighted by Gasteiger charge is 2.47. The van der Waals surface area contributed by atoms with Gasteiger partial charge in [-0.05, 0) is 43.1 Å². The minimum Gasteiger partial charge on any atom is -0.472 e. The Morgan fingerprint density at radius 2 is 1.76 bits per heavy atom. The van der Waals surface area contributed by atoms with Crippen LogP contribution in [0.2, 0.25) is 0 Å². The number of nitrogens with two attached hydrogens (primary N) is 1. The summed E-state index contributed by atoms with van der Waals surface area (Å²) in [5.74, 6) is -3.51. The Labute approximate surface area is 316 Å². The molecule has 0 radical (unpaired) electrons. The van der Waals surface area contributed by atoms with E-state index in [4.69, 9.17) is 10.5 Å². The number of ether oxygens (including phenoxy) is 1. The van der Waals surface area contributed by atoms with Crippen molar-refractivity contribution in [2.24, 2.45) is 11.3 Å². The van der Waals surface area contributed by atoms with Crippen LogP contribution in [-0.2, 0) is 24.0 Å². The molecule has 1 aliphatic carbocycles. The van der Waals surface area contributed by atoms with Crippen molar-refractivity contribution >= 4 is 40.9 Å². The molecule has 0 spiro atoms. The van der Waals surface area contributed by atoms with Crippen molar-refractivity contribution in [1.82, 2.24) is 35.8 Å². The number of likely N-dealkylation sites (tertiary alicyclic amines) is 1. The molecule has 0 bridgehead atoms. The molecule has 2 aromatic heterocycles. The lowest BCUT2D eigenvalue weighted by Gasteiger charge is -2.37. The van der Waals surface area contributed by atoms with Gasteiger partial charge in [0, 0.05) is 31.3 Å². The highest BCUT2D eigenvalue weighted by molar-refractivity contribution is 6.39. The van der Waals surface area contributed by atoms with Gasteiger partial charge in [-0.25, -0.2) is 9.97 Å². The number of pyridine rings is 1. The number of nitrogen functional groups attached to an aromatic ring is 1. The molecule has 0 aromatic carbocycles. The zero-order chi connectivity index (χ0) is 39.4. The molecular formula is C39H54N8O7. The average Bonchev–Trinajstić information content (AvgIpc) is 3.59. The highest BCUT2D eigenvalue weighted by Crippen LogP contribution is 2.30. The van der Waals surface area contributed by atoms with Gasteiger partial charge in [0.25, 0.3) is 5.91 Å². The van der Waals surface area contributed by atoms with Gasteiger partial charge in [0.1, 0.15) is 29.9 Å². The third-order valence-corrected chi connectivity index (χ3v) is 9.84. The maximum absolute atomic E-state index is 14.7. The van der Waals surface area contributed by atoms with Crippen molar-refractivity contribution in [3.05, 3.63) is 55.3 Å². The predicted molar refractivity (Wildman–Crippen MR) is 201 cm³/mol. The lowest BCUT2D eigenvalue weighted by molar-refractivity contribution is -0.145. The molecule has 2 fully saturated rings. The van der Waals surface area contributed by atoms with E-state index in [1.54, 1.807) is 39.0 Å². The van der Waals surface area contributed by atoms with E-state index in [1.165, 1.54) is 29.7 Å². The third-order valence-electron chi connectivity index (χ3n) is 9.84. The summed E-state index contributed by atoms with van der Waals surface area (Å²) in [6.45, 7) is 10.8. The van der Waals surface area contributed by atoms with Crippen molar-refractivity contribution in [2.45, 2.75) is 122 Å². The number of aromatic nitrogens is 3. The molecule has 5 atom stereocenters. The van der Waals surface area contributed by atoms with Crippen molar-refractivity contribution in [2.75, 3.05) is 12.3 Å². The van der Waals surface area contributed by atoms with Crippen molar-refractivity contribution in [3.63, 3.8) is 0 Å². The Kier molecular flexibility index (Phi) is 14.8. The number of carbonyl (C=O) groups excluding carboxylic acids is 6. The number of anilines is 1. The third kappa shape index (κ3) is 11.2. The highest BCUT2D eigenvalue weighted by atomic mass is 16.5. The molecule has 5 N–H and O–H groups in total. The Balaban J connectivity index is 1.62. The van der Waals surface area contributed by atoms with Crippen LogP contribution in [-0.4, -0.2) is 91.9 Å². The molecular weight excluding hydrogens is 692 g/mol. The summed E-state index contributed by atoms with van der Waals surface area (Å²) in [5.41, 5.74) is 5.44. The van der Waals surface area contributed by atoms with Gasteiger partial charge in [0.15, 0.2) is 0 Å². The van der Waals surface area contributed by atoms with Crippen LogP contribution in [0.15, 0.2) is 49.6 Å². The molecule has 54 heavy (non-hydrogen) atoms. The average molecular weight is 747 g/mol. The van der Waals surface area contributed by atoms with E-state index in [-0.39, 0.29) is 43.3 Å². The smallest absolute Gasteiger partial charge is 0.272 e. The van der Waals surface area contributed by atoms with Crippen LogP contribution in [0, 0.1) is 11.3 Å². The molecule has 0 unspecified atom stereocenters. The summed E-state index contributed by atoms with van der Waals surface area (Å²) in [5, 5.41) is 8.55. The van der Waals surface area contributed by atoms with Gasteiger partial charge in [-0.1, -0.05) is 59.5 Å². The van der Waals surface area contributed by atoms with Crippen LogP contribution in [0.1, 0.15) is 102 Å². The summed E-state index contributed by atoms with van der Waals surface area (Å²) in [4.78, 5) is 95.7. The quantitative estimate of drug-likeness (QED) is 0.136. The molecule has 292 valence electrons. The van der Waals surface area contributed by atoms with E-state index in [0.29, 0.717) is 31.4 Å². The lowest BCUT2D eigenvalue weighted by atomic mass is 9.82. The van der Waals surface area contributed by atoms with Gasteiger partial charge in [-0.3, -0.25) is 33.8 Å². The molecule has 15 heteroatoms. The van der Waals surface area contributed by atoms with Gasteiger partial charge >= 0.3 is 0 Å². The summed E-state index contributed by atoms with van der Waals surface area (Å²) in [6, 6.07) is -1.09. The van der Waals surface area contributed by atoms with Gasteiger partial charge in [-0.2, -0.15) is 0 Å². The fourth-order valence-corrected chi connectivity index (χ4v) is 6.93. The lowest BCUT2D eigenvalue weighted by Crippen LogP contribution is -2.62. The van der Waals surface area contributed by atoms with E-state index in [9.17, 15) is 28.8 Å². The monoisotopic (exact) mass is 746 g/mol. The Morgan fingerprint density at radius 3 is 2.37 bits per heavy atom. The first-order valence-electron chi connectivity index (χ1n) is 18.8. The van der Waals surface area contributed by atoms with Gasteiger partial charge in [-0.15, -0.1) is 6.58 Å². The van der Waals surface area contributed by atoms with E-state index in [2.05, 4.69) is 37.5 Å². The number of ketones is 2. The summed E-state index contributed by atoms with van der Waals surface area (Å²) in [6.07, 6.45) is 11.8. The predicted octanol–water partition coefficient (Wildman–Crippen LogP) is 3.10. The molecule has 3 heterocycles. The van der Waals surface area contributed by atoms with E-state index in [0.717, 1.165) is 19.3 Å². The van der Waals surface area contributed by atoms with Crippen LogP contribution >= 0.6 is 0 Å². The summed E-state index contributed by atoms with van der Waals surface area (Å²) in [7, 11) is 0. The Hall–Kier alpha value is -5.21. The van der Waals surface area contributed by atoms with Gasteiger partial charge in [0.05, 0.1) is 30.7 Å². The molecule has 4 amide bonds.